The molecule has 2 nitrogen and oxygen atoms in total. The molecule has 0 unspecified atom stereocenters. The van der Waals surface area contributed by atoms with Crippen molar-refractivity contribution in [2.24, 2.45) is 11.3 Å². The Morgan fingerprint density at radius 2 is 1.92 bits per heavy atom. The third-order valence-electron chi connectivity index (χ3n) is 3.18. The van der Waals surface area contributed by atoms with Gasteiger partial charge >= 0.3 is 5.97 Å². The number of carbonyl (C=O) groups excluding carboxylic acids is 1. The number of hydrogen-bond donors (Lipinski definition) is 0. The van der Waals surface area contributed by atoms with Crippen molar-refractivity contribution in [2.45, 2.75) is 46.5 Å². The van der Waals surface area contributed by atoms with Crippen molar-refractivity contribution in [2.75, 3.05) is 6.61 Å². The minimum atomic E-state index is -0.271. The molecule has 0 radical (unpaired) electrons. The monoisotopic (exact) mass is 184 g/mol. The number of ether oxygens (including phenoxy) is 1. The van der Waals surface area contributed by atoms with E-state index in [0.717, 1.165) is 0 Å². The molecule has 0 aliphatic heterocycles. The molecule has 1 aliphatic carbocycles. The summed E-state index contributed by atoms with van der Waals surface area (Å²) in [5.41, 5.74) is -0.271. The smallest absolute Gasteiger partial charge is 0.311 e. The second-order valence-corrected chi connectivity index (χ2v) is 4.42. The quantitative estimate of drug-likeness (QED) is 0.630. The molecule has 0 aromatic rings. The van der Waals surface area contributed by atoms with Crippen LogP contribution in [0.15, 0.2) is 0 Å². The molecule has 2 heteroatoms. The van der Waals surface area contributed by atoms with E-state index in [2.05, 4.69) is 0 Å². The van der Waals surface area contributed by atoms with Gasteiger partial charge in [-0.1, -0.05) is 12.8 Å². The van der Waals surface area contributed by atoms with E-state index in [1.807, 2.05) is 20.8 Å². The number of esters is 1. The van der Waals surface area contributed by atoms with Crippen LogP contribution in [0.25, 0.3) is 0 Å². The lowest BCUT2D eigenvalue weighted by molar-refractivity contribution is -0.156. The standard InChI is InChI=1S/C11H20O2/c1-4-13-10(12)11(2,3)9-7-5-6-8-9/h9H,4-8H2,1-3H3. The van der Waals surface area contributed by atoms with Crippen molar-refractivity contribution in [3.63, 3.8) is 0 Å². The van der Waals surface area contributed by atoms with E-state index < -0.39 is 0 Å². The molecule has 13 heavy (non-hydrogen) atoms. The van der Waals surface area contributed by atoms with E-state index in [9.17, 15) is 4.79 Å². The Morgan fingerprint density at radius 1 is 1.38 bits per heavy atom. The second kappa shape index (κ2) is 4.12. The van der Waals surface area contributed by atoms with Crippen LogP contribution in [0.4, 0.5) is 0 Å². The summed E-state index contributed by atoms with van der Waals surface area (Å²) in [5, 5.41) is 0. The molecule has 0 spiro atoms. The third kappa shape index (κ3) is 2.23. The fraction of sp³-hybridized carbons (Fsp3) is 0.909. The average molecular weight is 184 g/mol. The van der Waals surface area contributed by atoms with Crippen LogP contribution in [0, 0.1) is 11.3 Å². The highest BCUT2D eigenvalue weighted by Gasteiger charge is 2.39. The Bertz CT molecular complexity index is 179. The van der Waals surface area contributed by atoms with Crippen molar-refractivity contribution in [3.05, 3.63) is 0 Å². The molecule has 0 N–H and O–H groups in total. The van der Waals surface area contributed by atoms with Crippen molar-refractivity contribution < 1.29 is 9.53 Å². The number of carbonyl (C=O) groups is 1. The van der Waals surface area contributed by atoms with Crippen LogP contribution < -0.4 is 0 Å². The highest BCUT2D eigenvalue weighted by molar-refractivity contribution is 5.76. The minimum Gasteiger partial charge on any atom is -0.466 e. The average Bonchev–Trinajstić information content (AvgIpc) is 2.56. The molecule has 1 rings (SSSR count). The van der Waals surface area contributed by atoms with Crippen molar-refractivity contribution >= 4 is 5.97 Å². The second-order valence-electron chi connectivity index (χ2n) is 4.42. The van der Waals surface area contributed by atoms with Gasteiger partial charge in [0, 0.05) is 0 Å². The fourth-order valence-electron chi connectivity index (χ4n) is 2.13. The van der Waals surface area contributed by atoms with Crippen LogP contribution in [0.5, 0.6) is 0 Å². The molecule has 0 saturated heterocycles. The molecule has 76 valence electrons. The van der Waals surface area contributed by atoms with Gasteiger partial charge in [-0.15, -0.1) is 0 Å². The van der Waals surface area contributed by atoms with Gasteiger partial charge < -0.3 is 4.74 Å². The molecular weight excluding hydrogens is 164 g/mol. The third-order valence-corrected chi connectivity index (χ3v) is 3.18. The zero-order valence-corrected chi connectivity index (χ0v) is 8.93. The maximum atomic E-state index is 11.6. The highest BCUT2D eigenvalue weighted by Crippen LogP contribution is 2.40. The first kappa shape index (κ1) is 10.6. The summed E-state index contributed by atoms with van der Waals surface area (Å²) in [6, 6.07) is 0. The fourth-order valence-corrected chi connectivity index (χ4v) is 2.13. The summed E-state index contributed by atoms with van der Waals surface area (Å²) < 4.78 is 5.08. The van der Waals surface area contributed by atoms with Gasteiger partial charge in [-0.2, -0.15) is 0 Å². The largest absolute Gasteiger partial charge is 0.466 e. The normalized spacial score (nSPS) is 19.0. The van der Waals surface area contributed by atoms with Gasteiger partial charge in [0.15, 0.2) is 0 Å². The Hall–Kier alpha value is -0.530. The molecule has 0 amide bonds. The predicted octanol–water partition coefficient (Wildman–Crippen LogP) is 2.77. The van der Waals surface area contributed by atoms with Crippen LogP contribution in [-0.4, -0.2) is 12.6 Å². The summed E-state index contributed by atoms with van der Waals surface area (Å²) in [6.07, 6.45) is 4.92. The first-order valence-corrected chi connectivity index (χ1v) is 5.26. The zero-order chi connectivity index (χ0) is 9.90. The zero-order valence-electron chi connectivity index (χ0n) is 8.93. The lowest BCUT2D eigenvalue weighted by Crippen LogP contribution is -2.33. The van der Waals surface area contributed by atoms with Gasteiger partial charge in [0.2, 0.25) is 0 Å². The first-order chi connectivity index (χ1) is 6.09. The minimum absolute atomic E-state index is 0.0260. The van der Waals surface area contributed by atoms with Crippen molar-refractivity contribution in [1.82, 2.24) is 0 Å². The molecule has 1 fully saturated rings. The van der Waals surface area contributed by atoms with Gasteiger partial charge in [0.05, 0.1) is 12.0 Å². The molecular formula is C11H20O2. The van der Waals surface area contributed by atoms with E-state index in [0.29, 0.717) is 12.5 Å². The summed E-state index contributed by atoms with van der Waals surface area (Å²) in [5.74, 6) is 0.508. The van der Waals surface area contributed by atoms with Crippen molar-refractivity contribution in [1.29, 1.82) is 0 Å². The first-order valence-electron chi connectivity index (χ1n) is 5.26. The SMILES string of the molecule is CCOC(=O)C(C)(C)C1CCCC1. The van der Waals surface area contributed by atoms with Gasteiger partial charge in [-0.05, 0) is 39.5 Å². The molecule has 1 aliphatic rings. The van der Waals surface area contributed by atoms with Crippen molar-refractivity contribution in [3.8, 4) is 0 Å². The van der Waals surface area contributed by atoms with Crippen LogP contribution in [0.3, 0.4) is 0 Å². The maximum Gasteiger partial charge on any atom is 0.311 e. The molecule has 0 bridgehead atoms. The van der Waals surface area contributed by atoms with Crippen LogP contribution in [0.2, 0.25) is 0 Å². The highest BCUT2D eigenvalue weighted by atomic mass is 16.5. The van der Waals surface area contributed by atoms with Gasteiger partial charge in [-0.3, -0.25) is 4.79 Å². The summed E-state index contributed by atoms with van der Waals surface area (Å²) in [4.78, 5) is 11.6. The summed E-state index contributed by atoms with van der Waals surface area (Å²) >= 11 is 0. The van der Waals surface area contributed by atoms with Gasteiger partial charge in [0.1, 0.15) is 0 Å². The molecule has 0 aromatic heterocycles. The van der Waals surface area contributed by atoms with E-state index in [1.165, 1.54) is 25.7 Å². The van der Waals surface area contributed by atoms with Crippen LogP contribution in [-0.2, 0) is 9.53 Å². The Kier molecular flexibility index (Phi) is 3.34. The summed E-state index contributed by atoms with van der Waals surface area (Å²) in [6.45, 7) is 6.39. The Labute approximate surface area is 80.7 Å². The molecule has 1 saturated carbocycles. The Morgan fingerprint density at radius 3 is 2.38 bits per heavy atom. The lowest BCUT2D eigenvalue weighted by atomic mass is 9.78. The van der Waals surface area contributed by atoms with Gasteiger partial charge in [0.25, 0.3) is 0 Å². The van der Waals surface area contributed by atoms with E-state index in [-0.39, 0.29) is 11.4 Å². The van der Waals surface area contributed by atoms with E-state index in [1.54, 1.807) is 0 Å². The number of hydrogen-bond acceptors (Lipinski definition) is 2. The molecule has 0 atom stereocenters. The molecule has 0 aromatic carbocycles. The summed E-state index contributed by atoms with van der Waals surface area (Å²) in [7, 11) is 0. The maximum absolute atomic E-state index is 11.6. The van der Waals surface area contributed by atoms with Gasteiger partial charge in [-0.25, -0.2) is 0 Å². The lowest BCUT2D eigenvalue weighted by Gasteiger charge is -2.28. The molecule has 0 heterocycles. The van der Waals surface area contributed by atoms with E-state index >= 15 is 0 Å². The van der Waals surface area contributed by atoms with E-state index in [4.69, 9.17) is 4.74 Å². The Balaban J connectivity index is 2.57. The topological polar surface area (TPSA) is 26.3 Å². The predicted molar refractivity (Wildman–Crippen MR) is 52.4 cm³/mol. The number of rotatable bonds is 3. The van der Waals surface area contributed by atoms with Crippen LogP contribution in [0.1, 0.15) is 46.5 Å². The van der Waals surface area contributed by atoms with Crippen LogP contribution >= 0.6 is 0 Å².